The van der Waals surface area contributed by atoms with Gasteiger partial charge in [0.2, 0.25) is 0 Å². The summed E-state index contributed by atoms with van der Waals surface area (Å²) < 4.78 is 16.9. The van der Waals surface area contributed by atoms with Crippen molar-refractivity contribution in [3.8, 4) is 0 Å². The van der Waals surface area contributed by atoms with Gasteiger partial charge in [0.05, 0.1) is 0 Å². The molecule has 6 heteroatoms. The average Bonchev–Trinajstić information content (AvgIpc) is 3.45. The lowest BCUT2D eigenvalue weighted by Crippen LogP contribution is -2.30. The van der Waals surface area contributed by atoms with Gasteiger partial charge in [-0.05, 0) is 116 Å². The maximum absolute atomic E-state index is 12.9. The first-order valence-electron chi connectivity index (χ1n) is 33.7. The van der Waals surface area contributed by atoms with Crippen LogP contribution >= 0.6 is 0 Å². The monoisotopic (exact) mass is 1100 g/mol. The van der Waals surface area contributed by atoms with Crippen LogP contribution in [0.3, 0.4) is 0 Å². The summed E-state index contributed by atoms with van der Waals surface area (Å²) in [6.45, 7) is 6.51. The molecular formula is C73H126O6. The molecule has 0 saturated carbocycles. The smallest absolute Gasteiger partial charge is 0.306 e. The van der Waals surface area contributed by atoms with Gasteiger partial charge in [-0.25, -0.2) is 0 Å². The van der Waals surface area contributed by atoms with E-state index in [4.69, 9.17) is 14.2 Å². The van der Waals surface area contributed by atoms with Crippen molar-refractivity contribution in [1.29, 1.82) is 0 Å². The molecule has 0 heterocycles. The highest BCUT2D eigenvalue weighted by molar-refractivity contribution is 5.71. The molecule has 0 fully saturated rings. The van der Waals surface area contributed by atoms with Crippen LogP contribution in [0.4, 0.5) is 0 Å². The Kier molecular flexibility index (Phi) is 63.7. The van der Waals surface area contributed by atoms with E-state index >= 15 is 0 Å². The van der Waals surface area contributed by atoms with Crippen molar-refractivity contribution in [3.63, 3.8) is 0 Å². The van der Waals surface area contributed by atoms with Gasteiger partial charge in [0.25, 0.3) is 0 Å². The number of allylic oxidation sites excluding steroid dienone is 16. The molecule has 6 nitrogen and oxygen atoms in total. The molecule has 0 rings (SSSR count). The Bertz CT molecular complexity index is 1540. The van der Waals surface area contributed by atoms with Crippen molar-refractivity contribution in [2.45, 2.75) is 335 Å². The SMILES string of the molecule is CC/C=C\C/C=C\C/C=C\C/C=C\C/C=C\C/C=C\CCCCCCCCCCCCC(=O)OCC(COC(=O)CCCCCCC/C=C\CCCC)OC(=O)CCCCCCCCCCC/C=C\CCCCCCCCCC. The first-order chi connectivity index (χ1) is 39.0. The standard InChI is InChI=1S/C73H126O6/c1-4-7-10-13-16-19-22-24-26-28-30-32-33-34-35-36-37-38-39-41-42-44-46-48-51-54-57-60-63-66-72(75)78-69-70(68-77-71(74)65-62-59-56-53-50-21-18-15-12-9-6-3)79-73(76)67-64-61-58-55-52-49-47-45-43-40-31-29-27-25-23-20-17-14-11-8-5-2/h7,10,15-16,18-19,24,26,29-32,34-35,37-38,70H,4-6,8-9,11-14,17,20-23,25,27-28,33,36,39-69H2,1-3H3/b10-7-,18-15-,19-16-,26-24-,31-29-,32-30-,35-34-,38-37-. The Morgan fingerprint density at radius 1 is 0.266 bits per heavy atom. The summed E-state index contributed by atoms with van der Waals surface area (Å²) >= 11 is 0. The topological polar surface area (TPSA) is 78.9 Å². The van der Waals surface area contributed by atoms with E-state index in [-0.39, 0.29) is 31.1 Å². The summed E-state index contributed by atoms with van der Waals surface area (Å²) in [6.07, 6.45) is 90.0. The van der Waals surface area contributed by atoms with E-state index in [9.17, 15) is 14.4 Å². The molecule has 0 amide bonds. The van der Waals surface area contributed by atoms with E-state index in [2.05, 4.69) is 118 Å². The zero-order chi connectivity index (χ0) is 57.1. The van der Waals surface area contributed by atoms with Gasteiger partial charge in [-0.3, -0.25) is 14.4 Å². The van der Waals surface area contributed by atoms with Gasteiger partial charge in [-0.2, -0.15) is 0 Å². The second-order valence-electron chi connectivity index (χ2n) is 22.3. The van der Waals surface area contributed by atoms with Crippen LogP contribution in [0.1, 0.15) is 329 Å². The van der Waals surface area contributed by atoms with E-state index in [1.807, 2.05) is 0 Å². The predicted octanol–water partition coefficient (Wildman–Crippen LogP) is 23.2. The second kappa shape index (κ2) is 66.8. The third kappa shape index (κ3) is 65.0. The van der Waals surface area contributed by atoms with Crippen LogP contribution in [-0.4, -0.2) is 37.2 Å². The van der Waals surface area contributed by atoms with Crippen LogP contribution in [0, 0.1) is 0 Å². The number of esters is 3. The van der Waals surface area contributed by atoms with Crippen LogP contribution in [-0.2, 0) is 28.6 Å². The molecule has 0 saturated heterocycles. The number of rotatable bonds is 61. The molecule has 0 aromatic carbocycles. The lowest BCUT2D eigenvalue weighted by molar-refractivity contribution is -0.167. The summed E-state index contributed by atoms with van der Waals surface area (Å²) in [5.74, 6) is -0.886. The minimum absolute atomic E-state index is 0.0816. The van der Waals surface area contributed by atoms with Crippen LogP contribution in [0.2, 0.25) is 0 Å². The van der Waals surface area contributed by atoms with E-state index in [1.165, 1.54) is 186 Å². The lowest BCUT2D eigenvalue weighted by atomic mass is 10.0. The fraction of sp³-hybridized carbons (Fsp3) is 0.740. The summed E-state index contributed by atoms with van der Waals surface area (Å²) in [5.41, 5.74) is 0. The van der Waals surface area contributed by atoms with Crippen molar-refractivity contribution >= 4 is 17.9 Å². The Hall–Kier alpha value is -3.67. The van der Waals surface area contributed by atoms with Crippen molar-refractivity contribution in [2.75, 3.05) is 13.2 Å². The van der Waals surface area contributed by atoms with Crippen molar-refractivity contribution in [2.24, 2.45) is 0 Å². The van der Waals surface area contributed by atoms with Crippen LogP contribution in [0.15, 0.2) is 97.2 Å². The molecule has 1 atom stereocenters. The van der Waals surface area contributed by atoms with E-state index < -0.39 is 6.10 Å². The third-order valence-electron chi connectivity index (χ3n) is 14.5. The van der Waals surface area contributed by atoms with E-state index in [0.29, 0.717) is 19.3 Å². The van der Waals surface area contributed by atoms with Gasteiger partial charge >= 0.3 is 17.9 Å². The van der Waals surface area contributed by atoms with Crippen molar-refractivity contribution in [3.05, 3.63) is 97.2 Å². The van der Waals surface area contributed by atoms with Crippen molar-refractivity contribution in [1.82, 2.24) is 0 Å². The molecular weight excluding hydrogens is 973 g/mol. The fourth-order valence-electron chi connectivity index (χ4n) is 9.48. The van der Waals surface area contributed by atoms with Crippen LogP contribution < -0.4 is 0 Å². The van der Waals surface area contributed by atoms with Gasteiger partial charge in [0.1, 0.15) is 13.2 Å². The highest BCUT2D eigenvalue weighted by atomic mass is 16.6. The quantitative estimate of drug-likeness (QED) is 0.0261. The van der Waals surface area contributed by atoms with Gasteiger partial charge in [-0.15, -0.1) is 0 Å². The predicted molar refractivity (Wildman–Crippen MR) is 344 cm³/mol. The fourth-order valence-corrected chi connectivity index (χ4v) is 9.48. The van der Waals surface area contributed by atoms with Gasteiger partial charge in [0.15, 0.2) is 6.10 Å². The summed E-state index contributed by atoms with van der Waals surface area (Å²) in [5, 5.41) is 0. The zero-order valence-electron chi connectivity index (χ0n) is 52.1. The molecule has 79 heavy (non-hydrogen) atoms. The van der Waals surface area contributed by atoms with Gasteiger partial charge < -0.3 is 14.2 Å². The highest BCUT2D eigenvalue weighted by Gasteiger charge is 2.19. The van der Waals surface area contributed by atoms with E-state index in [1.54, 1.807) is 0 Å². The molecule has 0 N–H and O–H groups in total. The summed E-state index contributed by atoms with van der Waals surface area (Å²) in [6, 6.07) is 0. The number of unbranched alkanes of at least 4 members (excludes halogenated alkanes) is 34. The first kappa shape index (κ1) is 75.3. The molecule has 0 aromatic heterocycles. The molecule has 0 aliphatic carbocycles. The second-order valence-corrected chi connectivity index (χ2v) is 22.3. The first-order valence-corrected chi connectivity index (χ1v) is 33.7. The summed E-state index contributed by atoms with van der Waals surface area (Å²) in [4.78, 5) is 38.3. The molecule has 0 aliphatic rings. The van der Waals surface area contributed by atoms with Gasteiger partial charge in [0, 0.05) is 19.3 Å². The Balaban J connectivity index is 4.25. The number of carbonyl (C=O) groups is 3. The molecule has 0 spiro atoms. The normalized spacial score (nSPS) is 12.7. The Morgan fingerprint density at radius 3 is 0.823 bits per heavy atom. The number of ether oxygens (including phenoxy) is 3. The minimum Gasteiger partial charge on any atom is -0.462 e. The van der Waals surface area contributed by atoms with Gasteiger partial charge in [-0.1, -0.05) is 291 Å². The third-order valence-corrected chi connectivity index (χ3v) is 14.5. The molecule has 0 aromatic rings. The van der Waals surface area contributed by atoms with Crippen LogP contribution in [0.5, 0.6) is 0 Å². The molecule has 1 unspecified atom stereocenters. The maximum atomic E-state index is 12.9. The molecule has 0 radical (unpaired) electrons. The minimum atomic E-state index is -0.784. The molecule has 0 aliphatic heterocycles. The molecule has 0 bridgehead atoms. The number of hydrogen-bond donors (Lipinski definition) is 0. The largest absolute Gasteiger partial charge is 0.462 e. The number of carbonyl (C=O) groups excluding carboxylic acids is 3. The van der Waals surface area contributed by atoms with Crippen molar-refractivity contribution < 1.29 is 28.6 Å². The average molecular weight is 1100 g/mol. The van der Waals surface area contributed by atoms with Crippen LogP contribution in [0.25, 0.3) is 0 Å². The highest BCUT2D eigenvalue weighted by Crippen LogP contribution is 2.16. The molecule has 454 valence electrons. The maximum Gasteiger partial charge on any atom is 0.306 e. The zero-order valence-corrected chi connectivity index (χ0v) is 52.1. The Morgan fingerprint density at radius 2 is 0.506 bits per heavy atom. The lowest BCUT2D eigenvalue weighted by Gasteiger charge is -2.18. The Labute approximate surface area is 489 Å². The summed E-state index contributed by atoms with van der Waals surface area (Å²) in [7, 11) is 0. The van der Waals surface area contributed by atoms with E-state index in [0.717, 1.165) is 103 Å². The number of hydrogen-bond acceptors (Lipinski definition) is 6.